The Hall–Kier alpha value is -1.81. The Morgan fingerprint density at radius 1 is 1.41 bits per heavy atom. The summed E-state index contributed by atoms with van der Waals surface area (Å²) in [5.74, 6) is -1.62. The van der Waals surface area contributed by atoms with Crippen molar-refractivity contribution in [1.82, 2.24) is 5.32 Å². The van der Waals surface area contributed by atoms with E-state index in [1.807, 2.05) is 6.07 Å². The van der Waals surface area contributed by atoms with Crippen LogP contribution in [0.2, 0.25) is 5.02 Å². The molecule has 1 rings (SSSR count). The summed E-state index contributed by atoms with van der Waals surface area (Å²) in [5, 5.41) is 11.6. The molecule has 0 aliphatic rings. The van der Waals surface area contributed by atoms with Crippen molar-refractivity contribution in [2.24, 2.45) is 0 Å². The molecule has 5 heteroatoms. The fraction of sp³-hybridized carbons (Fsp3) is 0.167. The van der Waals surface area contributed by atoms with E-state index in [0.717, 1.165) is 17.7 Å². The van der Waals surface area contributed by atoms with Crippen LogP contribution in [-0.4, -0.2) is 17.0 Å². The van der Waals surface area contributed by atoms with Gasteiger partial charge in [-0.25, -0.2) is 4.79 Å². The molecule has 0 unspecified atom stereocenters. The van der Waals surface area contributed by atoms with Crippen molar-refractivity contribution in [3.63, 3.8) is 0 Å². The summed E-state index contributed by atoms with van der Waals surface area (Å²) < 4.78 is 0. The summed E-state index contributed by atoms with van der Waals surface area (Å²) >= 11 is 5.82. The molecule has 0 heterocycles. The summed E-state index contributed by atoms with van der Waals surface area (Å²) in [4.78, 5) is 21.5. The highest BCUT2D eigenvalue weighted by Gasteiger charge is 2.07. The van der Waals surface area contributed by atoms with Crippen LogP contribution in [0, 0.1) is 0 Å². The third-order valence-corrected chi connectivity index (χ3v) is 2.32. The molecule has 0 spiro atoms. The summed E-state index contributed by atoms with van der Waals surface area (Å²) in [7, 11) is 0. The largest absolute Gasteiger partial charge is 0.478 e. The molecule has 0 bridgehead atoms. The maximum Gasteiger partial charge on any atom is 0.328 e. The lowest BCUT2D eigenvalue weighted by Gasteiger charge is -2.12. The van der Waals surface area contributed by atoms with Gasteiger partial charge in [0.2, 0.25) is 5.91 Å². The maximum atomic E-state index is 11.3. The van der Waals surface area contributed by atoms with Crippen molar-refractivity contribution in [3.8, 4) is 0 Å². The number of amides is 1. The Morgan fingerprint density at radius 3 is 2.71 bits per heavy atom. The highest BCUT2D eigenvalue weighted by Crippen LogP contribution is 2.17. The van der Waals surface area contributed by atoms with E-state index >= 15 is 0 Å². The van der Waals surface area contributed by atoms with Crippen LogP contribution in [0.4, 0.5) is 0 Å². The number of benzene rings is 1. The van der Waals surface area contributed by atoms with Crippen molar-refractivity contribution >= 4 is 23.5 Å². The van der Waals surface area contributed by atoms with Crippen LogP contribution in [-0.2, 0) is 9.59 Å². The number of hydrogen-bond acceptors (Lipinski definition) is 2. The van der Waals surface area contributed by atoms with Gasteiger partial charge in [-0.15, -0.1) is 0 Å². The average Bonchev–Trinajstić information content (AvgIpc) is 2.26. The molecule has 0 aromatic heterocycles. The first-order chi connectivity index (χ1) is 7.99. The van der Waals surface area contributed by atoms with Gasteiger partial charge in [0.05, 0.1) is 6.04 Å². The fourth-order valence-electron chi connectivity index (χ4n) is 1.27. The highest BCUT2D eigenvalue weighted by molar-refractivity contribution is 6.30. The van der Waals surface area contributed by atoms with Crippen LogP contribution in [0.3, 0.4) is 0 Å². The maximum absolute atomic E-state index is 11.3. The van der Waals surface area contributed by atoms with Crippen LogP contribution < -0.4 is 5.32 Å². The van der Waals surface area contributed by atoms with Crippen molar-refractivity contribution in [3.05, 3.63) is 47.0 Å². The van der Waals surface area contributed by atoms with Crippen LogP contribution >= 0.6 is 11.6 Å². The third kappa shape index (κ3) is 4.70. The predicted molar refractivity (Wildman–Crippen MR) is 64.8 cm³/mol. The number of carboxylic acid groups (broad SMARTS) is 1. The van der Waals surface area contributed by atoms with Crippen molar-refractivity contribution in [2.45, 2.75) is 13.0 Å². The smallest absolute Gasteiger partial charge is 0.328 e. The SMILES string of the molecule is C[C@@H](NC(=O)/C=C/C(=O)O)c1cccc(Cl)c1. The average molecular weight is 254 g/mol. The summed E-state index contributed by atoms with van der Waals surface area (Å²) in [6.07, 6.45) is 1.77. The number of halogens is 1. The molecule has 1 atom stereocenters. The lowest BCUT2D eigenvalue weighted by atomic mass is 10.1. The normalized spacial score (nSPS) is 12.4. The minimum absolute atomic E-state index is 0.236. The van der Waals surface area contributed by atoms with Gasteiger partial charge in [-0.05, 0) is 24.6 Å². The molecule has 0 saturated carbocycles. The van der Waals surface area contributed by atoms with E-state index in [1.165, 1.54) is 0 Å². The van der Waals surface area contributed by atoms with Gasteiger partial charge in [-0.1, -0.05) is 23.7 Å². The molecule has 17 heavy (non-hydrogen) atoms. The molecule has 0 aliphatic heterocycles. The van der Waals surface area contributed by atoms with Gasteiger partial charge < -0.3 is 10.4 Å². The molecular formula is C12H12ClNO3. The van der Waals surface area contributed by atoms with Gasteiger partial charge in [-0.2, -0.15) is 0 Å². The molecular weight excluding hydrogens is 242 g/mol. The van der Waals surface area contributed by atoms with Gasteiger partial charge in [0, 0.05) is 17.2 Å². The molecule has 90 valence electrons. The molecule has 0 saturated heterocycles. The zero-order chi connectivity index (χ0) is 12.8. The highest BCUT2D eigenvalue weighted by atomic mass is 35.5. The van der Waals surface area contributed by atoms with Crippen molar-refractivity contribution in [1.29, 1.82) is 0 Å². The minimum atomic E-state index is -1.16. The van der Waals surface area contributed by atoms with Crippen LogP contribution in [0.5, 0.6) is 0 Å². The Kier molecular flexibility index (Phi) is 4.72. The van der Waals surface area contributed by atoms with E-state index in [2.05, 4.69) is 5.32 Å². The number of carboxylic acids is 1. The molecule has 0 fully saturated rings. The van der Waals surface area contributed by atoms with E-state index < -0.39 is 11.9 Å². The predicted octanol–water partition coefficient (Wildman–Crippen LogP) is 2.16. The molecule has 1 aromatic rings. The quantitative estimate of drug-likeness (QED) is 0.808. The van der Waals surface area contributed by atoms with Crippen molar-refractivity contribution < 1.29 is 14.7 Å². The van der Waals surface area contributed by atoms with E-state index in [1.54, 1.807) is 25.1 Å². The lowest BCUT2D eigenvalue weighted by Crippen LogP contribution is -2.24. The second kappa shape index (κ2) is 6.06. The second-order valence-electron chi connectivity index (χ2n) is 3.46. The molecule has 2 N–H and O–H groups in total. The third-order valence-electron chi connectivity index (χ3n) is 2.08. The van der Waals surface area contributed by atoms with E-state index in [0.29, 0.717) is 5.02 Å². The van der Waals surface area contributed by atoms with E-state index in [9.17, 15) is 9.59 Å². The Bertz CT molecular complexity index is 457. The number of carbonyl (C=O) groups is 2. The summed E-state index contributed by atoms with van der Waals surface area (Å²) in [5.41, 5.74) is 0.856. The number of nitrogens with one attached hydrogen (secondary N) is 1. The molecule has 0 aliphatic carbocycles. The topological polar surface area (TPSA) is 66.4 Å². The van der Waals surface area contributed by atoms with E-state index in [-0.39, 0.29) is 6.04 Å². The summed E-state index contributed by atoms with van der Waals surface area (Å²) in [6.45, 7) is 1.79. The zero-order valence-electron chi connectivity index (χ0n) is 9.18. The Balaban J connectivity index is 2.63. The van der Waals surface area contributed by atoms with Gasteiger partial charge in [-0.3, -0.25) is 4.79 Å². The van der Waals surface area contributed by atoms with Crippen LogP contribution in [0.1, 0.15) is 18.5 Å². The zero-order valence-corrected chi connectivity index (χ0v) is 9.94. The second-order valence-corrected chi connectivity index (χ2v) is 3.89. The number of carbonyl (C=O) groups excluding carboxylic acids is 1. The Labute approximate surface area is 104 Å². The first-order valence-corrected chi connectivity index (χ1v) is 5.34. The van der Waals surface area contributed by atoms with Crippen LogP contribution in [0.25, 0.3) is 0 Å². The standard InChI is InChI=1S/C12H12ClNO3/c1-8(9-3-2-4-10(13)7-9)14-11(15)5-6-12(16)17/h2-8H,1H3,(H,14,15)(H,16,17)/b6-5+/t8-/m1/s1. The van der Waals surface area contributed by atoms with Crippen molar-refractivity contribution in [2.75, 3.05) is 0 Å². The number of aliphatic carboxylic acids is 1. The lowest BCUT2D eigenvalue weighted by molar-refractivity contribution is -0.131. The summed E-state index contributed by atoms with van der Waals surface area (Å²) in [6, 6.07) is 6.86. The monoisotopic (exact) mass is 253 g/mol. The molecule has 1 aromatic carbocycles. The fourth-order valence-corrected chi connectivity index (χ4v) is 1.47. The number of rotatable bonds is 4. The first kappa shape index (κ1) is 13.3. The van der Waals surface area contributed by atoms with Crippen LogP contribution in [0.15, 0.2) is 36.4 Å². The van der Waals surface area contributed by atoms with Gasteiger partial charge in [0.1, 0.15) is 0 Å². The molecule has 4 nitrogen and oxygen atoms in total. The molecule has 0 radical (unpaired) electrons. The first-order valence-electron chi connectivity index (χ1n) is 4.96. The molecule has 1 amide bonds. The number of hydrogen-bond donors (Lipinski definition) is 2. The van der Waals surface area contributed by atoms with Gasteiger partial charge >= 0.3 is 5.97 Å². The van der Waals surface area contributed by atoms with E-state index in [4.69, 9.17) is 16.7 Å². The Morgan fingerprint density at radius 2 is 2.12 bits per heavy atom. The van der Waals surface area contributed by atoms with Gasteiger partial charge in [0.15, 0.2) is 0 Å². The minimum Gasteiger partial charge on any atom is -0.478 e. The van der Waals surface area contributed by atoms with Gasteiger partial charge in [0.25, 0.3) is 0 Å².